The van der Waals surface area contributed by atoms with E-state index in [0.29, 0.717) is 11.5 Å². The molecule has 1 heterocycles. The van der Waals surface area contributed by atoms with Gasteiger partial charge in [0.15, 0.2) is 0 Å². The Hall–Kier alpha value is -1.49. The van der Waals surface area contributed by atoms with Crippen molar-refractivity contribution in [2.75, 3.05) is 6.61 Å². The average Bonchev–Trinajstić information content (AvgIpc) is 2.39. The number of nitrogens with zero attached hydrogens (tertiary/aromatic N) is 2. The molecule has 0 aromatic carbocycles. The summed E-state index contributed by atoms with van der Waals surface area (Å²) < 4.78 is 0. The second-order valence-corrected chi connectivity index (χ2v) is 5.22. The van der Waals surface area contributed by atoms with Gasteiger partial charge >= 0.3 is 0 Å². The number of carbonyl (C=O) groups excluding carboxylic acids is 1. The third-order valence-electron chi connectivity index (χ3n) is 3.60. The molecule has 0 spiro atoms. The fraction of sp³-hybridized carbons (Fsp3) is 0.615. The first-order valence-electron chi connectivity index (χ1n) is 6.34. The third-order valence-corrected chi connectivity index (χ3v) is 3.60. The Morgan fingerprint density at radius 1 is 1.56 bits per heavy atom. The molecule has 0 aliphatic heterocycles. The van der Waals surface area contributed by atoms with Crippen LogP contribution in [0.25, 0.3) is 0 Å². The maximum atomic E-state index is 12.1. The SMILES string of the molecule is CC1CCCC(CO)(NC(=O)c2cncnc2)C1. The van der Waals surface area contributed by atoms with Gasteiger partial charge in [0.2, 0.25) is 0 Å². The minimum absolute atomic E-state index is 0.0171. The van der Waals surface area contributed by atoms with Gasteiger partial charge in [-0.05, 0) is 18.8 Å². The van der Waals surface area contributed by atoms with Gasteiger partial charge in [0, 0.05) is 12.4 Å². The Labute approximate surface area is 107 Å². The van der Waals surface area contributed by atoms with E-state index in [-0.39, 0.29) is 12.5 Å². The predicted octanol–water partition coefficient (Wildman–Crippen LogP) is 1.15. The van der Waals surface area contributed by atoms with Crippen molar-refractivity contribution in [3.63, 3.8) is 0 Å². The van der Waals surface area contributed by atoms with E-state index in [0.717, 1.165) is 25.7 Å². The van der Waals surface area contributed by atoms with E-state index in [1.807, 2.05) is 0 Å². The molecule has 1 fully saturated rings. The molecule has 1 aliphatic rings. The van der Waals surface area contributed by atoms with Gasteiger partial charge in [-0.25, -0.2) is 9.97 Å². The Bertz CT molecular complexity index is 410. The molecule has 2 unspecified atom stereocenters. The Balaban J connectivity index is 2.08. The van der Waals surface area contributed by atoms with Gasteiger partial charge in [-0.2, -0.15) is 0 Å². The van der Waals surface area contributed by atoms with Gasteiger partial charge in [0.25, 0.3) is 5.91 Å². The van der Waals surface area contributed by atoms with Crippen molar-refractivity contribution in [1.29, 1.82) is 0 Å². The molecule has 2 N–H and O–H groups in total. The van der Waals surface area contributed by atoms with Crippen LogP contribution in [-0.4, -0.2) is 33.1 Å². The zero-order valence-electron chi connectivity index (χ0n) is 10.6. The van der Waals surface area contributed by atoms with Crippen LogP contribution in [0.4, 0.5) is 0 Å². The van der Waals surface area contributed by atoms with Crippen molar-refractivity contribution >= 4 is 5.91 Å². The first kappa shape index (κ1) is 13.0. The first-order valence-corrected chi connectivity index (χ1v) is 6.34. The Morgan fingerprint density at radius 3 is 2.89 bits per heavy atom. The van der Waals surface area contributed by atoms with Crippen LogP contribution >= 0.6 is 0 Å². The number of aliphatic hydroxyl groups excluding tert-OH is 1. The molecule has 1 amide bonds. The van der Waals surface area contributed by atoms with Crippen molar-refractivity contribution in [1.82, 2.24) is 15.3 Å². The number of rotatable bonds is 3. The molecule has 1 aliphatic carbocycles. The molecule has 1 aromatic heterocycles. The summed E-state index contributed by atoms with van der Waals surface area (Å²) in [6, 6.07) is 0. The van der Waals surface area contributed by atoms with Crippen LogP contribution in [0.15, 0.2) is 18.7 Å². The second-order valence-electron chi connectivity index (χ2n) is 5.22. The lowest BCUT2D eigenvalue weighted by Gasteiger charge is -2.39. The highest BCUT2D eigenvalue weighted by molar-refractivity contribution is 5.94. The van der Waals surface area contributed by atoms with Crippen molar-refractivity contribution in [3.8, 4) is 0 Å². The molecule has 2 atom stereocenters. The molecule has 0 radical (unpaired) electrons. The molecule has 0 bridgehead atoms. The number of aliphatic hydroxyl groups is 1. The van der Waals surface area contributed by atoms with E-state index in [1.54, 1.807) is 0 Å². The lowest BCUT2D eigenvalue weighted by Crippen LogP contribution is -2.53. The van der Waals surface area contributed by atoms with Crippen molar-refractivity contribution in [3.05, 3.63) is 24.3 Å². The van der Waals surface area contributed by atoms with Gasteiger partial charge < -0.3 is 10.4 Å². The topological polar surface area (TPSA) is 75.1 Å². The molecule has 5 heteroatoms. The molecular formula is C13H19N3O2. The molecule has 0 saturated heterocycles. The van der Waals surface area contributed by atoms with E-state index in [9.17, 15) is 9.90 Å². The molecule has 1 aromatic rings. The van der Waals surface area contributed by atoms with E-state index in [1.165, 1.54) is 18.7 Å². The van der Waals surface area contributed by atoms with Crippen LogP contribution in [0.1, 0.15) is 43.0 Å². The molecule has 5 nitrogen and oxygen atoms in total. The summed E-state index contributed by atoms with van der Waals surface area (Å²) in [5.74, 6) is 0.317. The quantitative estimate of drug-likeness (QED) is 0.842. The molecular weight excluding hydrogens is 230 g/mol. The van der Waals surface area contributed by atoms with E-state index in [2.05, 4.69) is 22.2 Å². The summed E-state index contributed by atoms with van der Waals surface area (Å²) in [7, 11) is 0. The highest BCUT2D eigenvalue weighted by Crippen LogP contribution is 2.32. The van der Waals surface area contributed by atoms with Crippen molar-refractivity contribution < 1.29 is 9.90 Å². The van der Waals surface area contributed by atoms with Crippen LogP contribution in [0.5, 0.6) is 0 Å². The molecule has 18 heavy (non-hydrogen) atoms. The Kier molecular flexibility index (Phi) is 3.91. The fourth-order valence-electron chi connectivity index (χ4n) is 2.69. The molecule has 98 valence electrons. The van der Waals surface area contributed by atoms with Gasteiger partial charge in [0.1, 0.15) is 6.33 Å². The summed E-state index contributed by atoms with van der Waals surface area (Å²) in [6.45, 7) is 2.14. The van der Waals surface area contributed by atoms with Gasteiger partial charge in [-0.1, -0.05) is 19.8 Å². The second kappa shape index (κ2) is 5.44. The van der Waals surface area contributed by atoms with Crippen LogP contribution in [0.3, 0.4) is 0 Å². The number of carbonyl (C=O) groups is 1. The average molecular weight is 249 g/mol. The highest BCUT2D eigenvalue weighted by atomic mass is 16.3. The van der Waals surface area contributed by atoms with Crippen LogP contribution in [0, 0.1) is 5.92 Å². The van der Waals surface area contributed by atoms with Gasteiger partial charge in [0.05, 0.1) is 17.7 Å². The van der Waals surface area contributed by atoms with Gasteiger partial charge in [-0.15, -0.1) is 0 Å². The zero-order chi connectivity index (χ0) is 13.0. The monoisotopic (exact) mass is 249 g/mol. The normalized spacial score (nSPS) is 27.8. The van der Waals surface area contributed by atoms with Crippen molar-refractivity contribution in [2.45, 2.75) is 38.1 Å². The van der Waals surface area contributed by atoms with Crippen LogP contribution in [0.2, 0.25) is 0 Å². The number of hydrogen-bond donors (Lipinski definition) is 2. The number of aromatic nitrogens is 2. The van der Waals surface area contributed by atoms with Crippen LogP contribution < -0.4 is 5.32 Å². The summed E-state index contributed by atoms with van der Waals surface area (Å²) in [4.78, 5) is 19.7. The minimum Gasteiger partial charge on any atom is -0.394 e. The summed E-state index contributed by atoms with van der Waals surface area (Å²) in [6.07, 6.45) is 8.20. The van der Waals surface area contributed by atoms with Crippen molar-refractivity contribution in [2.24, 2.45) is 5.92 Å². The number of nitrogens with one attached hydrogen (secondary N) is 1. The summed E-state index contributed by atoms with van der Waals surface area (Å²) in [5.41, 5.74) is -0.0477. The standard InChI is InChI=1S/C13H19N3O2/c1-10-3-2-4-13(5-10,8-17)16-12(18)11-6-14-9-15-7-11/h6-7,9-10,17H,2-5,8H2,1H3,(H,16,18). The third kappa shape index (κ3) is 2.85. The zero-order valence-corrected chi connectivity index (χ0v) is 10.6. The number of hydrogen-bond acceptors (Lipinski definition) is 4. The maximum absolute atomic E-state index is 12.1. The number of amides is 1. The summed E-state index contributed by atoms with van der Waals surface area (Å²) >= 11 is 0. The summed E-state index contributed by atoms with van der Waals surface area (Å²) in [5, 5.41) is 12.6. The van der Waals surface area contributed by atoms with Gasteiger partial charge in [-0.3, -0.25) is 4.79 Å². The lowest BCUT2D eigenvalue weighted by atomic mass is 9.76. The van der Waals surface area contributed by atoms with E-state index >= 15 is 0 Å². The largest absolute Gasteiger partial charge is 0.394 e. The molecule has 2 rings (SSSR count). The smallest absolute Gasteiger partial charge is 0.254 e. The van der Waals surface area contributed by atoms with E-state index in [4.69, 9.17) is 0 Å². The molecule has 1 saturated carbocycles. The lowest BCUT2D eigenvalue weighted by molar-refractivity contribution is 0.0696. The van der Waals surface area contributed by atoms with E-state index < -0.39 is 5.54 Å². The first-order chi connectivity index (χ1) is 8.65. The van der Waals surface area contributed by atoms with Crippen LogP contribution in [-0.2, 0) is 0 Å². The maximum Gasteiger partial charge on any atom is 0.254 e. The fourth-order valence-corrected chi connectivity index (χ4v) is 2.69. The minimum atomic E-state index is -0.482. The predicted molar refractivity (Wildman–Crippen MR) is 66.9 cm³/mol. The highest BCUT2D eigenvalue weighted by Gasteiger charge is 2.35. The Morgan fingerprint density at radius 2 is 2.28 bits per heavy atom.